The highest BCUT2D eigenvalue weighted by atomic mass is 35.5. The van der Waals surface area contributed by atoms with Gasteiger partial charge in [0.2, 0.25) is 0 Å². The molecule has 34 heavy (non-hydrogen) atoms. The van der Waals surface area contributed by atoms with Crippen LogP contribution in [-0.4, -0.2) is 52.2 Å². The minimum Gasteiger partial charge on any atom is -0.475 e. The zero-order chi connectivity index (χ0) is 25.2. The Morgan fingerprint density at radius 2 is 2.00 bits per heavy atom. The standard InChI is InChI=1S/C20H22Cl2N4O.C2HF3O2/c1-11-15(8-23)18(14-5-4-12(21)7-16(14)22)19-17(25-11)10-26(20(19)27)9-13-3-2-6-24-13;3-2(4,5)1(6)7/h4-5,7,13,24H,2-3,6,8-10,23H2,1H3;(H,6,7)/t13-;/m0./s1. The molecule has 0 radical (unpaired) electrons. The molecule has 1 amide bonds. The smallest absolute Gasteiger partial charge is 0.475 e. The lowest BCUT2D eigenvalue weighted by molar-refractivity contribution is -0.192. The van der Waals surface area contributed by atoms with Crippen LogP contribution in [0.3, 0.4) is 0 Å². The van der Waals surface area contributed by atoms with Gasteiger partial charge < -0.3 is 21.1 Å². The van der Waals surface area contributed by atoms with Crippen LogP contribution in [-0.2, 0) is 17.9 Å². The van der Waals surface area contributed by atoms with Gasteiger partial charge >= 0.3 is 12.1 Å². The number of benzene rings is 1. The maximum atomic E-state index is 13.3. The zero-order valence-corrected chi connectivity index (χ0v) is 19.7. The van der Waals surface area contributed by atoms with E-state index < -0.39 is 12.1 Å². The van der Waals surface area contributed by atoms with Crippen LogP contribution in [0, 0.1) is 6.92 Å². The summed E-state index contributed by atoms with van der Waals surface area (Å²) in [5.41, 5.74) is 10.7. The van der Waals surface area contributed by atoms with E-state index in [1.54, 1.807) is 12.1 Å². The van der Waals surface area contributed by atoms with Crippen LogP contribution in [0.5, 0.6) is 0 Å². The highest BCUT2D eigenvalue weighted by molar-refractivity contribution is 6.36. The fourth-order valence-electron chi connectivity index (χ4n) is 4.12. The number of aliphatic carboxylic acids is 1. The number of carbonyl (C=O) groups excluding carboxylic acids is 1. The third kappa shape index (κ3) is 5.63. The second kappa shape index (κ2) is 10.5. The first kappa shape index (κ1) is 26.2. The van der Waals surface area contributed by atoms with Crippen molar-refractivity contribution in [1.29, 1.82) is 0 Å². The Bertz CT molecular complexity index is 1110. The molecule has 1 aromatic heterocycles. The van der Waals surface area contributed by atoms with Gasteiger partial charge in [0.25, 0.3) is 5.91 Å². The van der Waals surface area contributed by atoms with Crippen LogP contribution in [0.2, 0.25) is 10.0 Å². The molecule has 2 aromatic rings. The van der Waals surface area contributed by atoms with Crippen molar-refractivity contribution < 1.29 is 27.9 Å². The van der Waals surface area contributed by atoms with E-state index >= 15 is 0 Å². The van der Waals surface area contributed by atoms with Crippen LogP contribution in [0.4, 0.5) is 13.2 Å². The number of alkyl halides is 3. The predicted molar refractivity (Wildman–Crippen MR) is 122 cm³/mol. The van der Waals surface area contributed by atoms with Crippen molar-refractivity contribution in [1.82, 2.24) is 15.2 Å². The topological polar surface area (TPSA) is 109 Å². The van der Waals surface area contributed by atoms with Gasteiger partial charge in [-0.1, -0.05) is 29.3 Å². The van der Waals surface area contributed by atoms with Crippen LogP contribution in [0.25, 0.3) is 11.1 Å². The number of hydrogen-bond acceptors (Lipinski definition) is 5. The van der Waals surface area contributed by atoms with Crippen LogP contribution in [0.15, 0.2) is 18.2 Å². The van der Waals surface area contributed by atoms with E-state index in [0.717, 1.165) is 47.5 Å². The maximum absolute atomic E-state index is 13.3. The van der Waals surface area contributed by atoms with E-state index in [1.165, 1.54) is 0 Å². The molecule has 1 saturated heterocycles. The van der Waals surface area contributed by atoms with E-state index in [0.29, 0.717) is 34.7 Å². The number of aromatic nitrogens is 1. The number of nitrogens with one attached hydrogen (secondary N) is 1. The summed E-state index contributed by atoms with van der Waals surface area (Å²) in [6.45, 7) is 4.45. The Hall–Kier alpha value is -2.40. The number of carboxylic acid groups (broad SMARTS) is 1. The normalized spacial score (nSPS) is 17.4. The monoisotopic (exact) mass is 518 g/mol. The first-order chi connectivity index (χ1) is 15.9. The van der Waals surface area contributed by atoms with Gasteiger partial charge in [-0.05, 0) is 44.0 Å². The molecule has 1 atom stereocenters. The number of hydrogen-bond donors (Lipinski definition) is 3. The quantitative estimate of drug-likeness (QED) is 0.560. The van der Waals surface area contributed by atoms with Gasteiger partial charge in [-0.25, -0.2) is 4.79 Å². The lowest BCUT2D eigenvalue weighted by atomic mass is 9.93. The molecule has 7 nitrogen and oxygen atoms in total. The molecule has 1 aromatic carbocycles. The van der Waals surface area contributed by atoms with Crippen molar-refractivity contribution in [2.75, 3.05) is 13.1 Å². The lowest BCUT2D eigenvalue weighted by Gasteiger charge is -2.20. The van der Waals surface area contributed by atoms with Crippen LogP contribution < -0.4 is 11.1 Å². The van der Waals surface area contributed by atoms with Crippen LogP contribution in [0.1, 0.15) is 40.2 Å². The summed E-state index contributed by atoms with van der Waals surface area (Å²) in [7, 11) is 0. The van der Waals surface area contributed by atoms with Gasteiger partial charge in [0.15, 0.2) is 0 Å². The van der Waals surface area contributed by atoms with Crippen molar-refractivity contribution >= 4 is 35.1 Å². The van der Waals surface area contributed by atoms with Gasteiger partial charge in [-0.2, -0.15) is 13.2 Å². The third-order valence-electron chi connectivity index (χ3n) is 5.67. The summed E-state index contributed by atoms with van der Waals surface area (Å²) >= 11 is 12.6. The van der Waals surface area contributed by atoms with Crippen LogP contribution >= 0.6 is 23.2 Å². The first-order valence-corrected chi connectivity index (χ1v) is 11.2. The molecule has 0 bridgehead atoms. The second-order valence-electron chi connectivity index (χ2n) is 7.98. The molecule has 0 aliphatic carbocycles. The molecule has 184 valence electrons. The number of amides is 1. The number of carboxylic acids is 1. The molecular weight excluding hydrogens is 496 g/mol. The fourth-order valence-corrected chi connectivity index (χ4v) is 4.63. The van der Waals surface area contributed by atoms with Crippen molar-refractivity contribution in [2.45, 2.75) is 45.1 Å². The molecule has 2 aliphatic rings. The molecule has 12 heteroatoms. The highest BCUT2D eigenvalue weighted by Gasteiger charge is 2.38. The molecule has 2 aliphatic heterocycles. The van der Waals surface area contributed by atoms with Gasteiger partial charge in [0, 0.05) is 46.0 Å². The Morgan fingerprint density at radius 1 is 1.32 bits per heavy atom. The number of halogens is 5. The molecule has 0 spiro atoms. The minimum absolute atomic E-state index is 0.00177. The van der Waals surface area contributed by atoms with Crippen molar-refractivity contribution in [3.63, 3.8) is 0 Å². The van der Waals surface area contributed by atoms with E-state index in [4.69, 9.17) is 43.8 Å². The average molecular weight is 519 g/mol. The average Bonchev–Trinajstić information content (AvgIpc) is 3.35. The summed E-state index contributed by atoms with van der Waals surface area (Å²) in [4.78, 5) is 28.8. The summed E-state index contributed by atoms with van der Waals surface area (Å²) < 4.78 is 31.7. The molecule has 0 unspecified atom stereocenters. The number of pyridine rings is 1. The molecule has 4 rings (SSSR count). The second-order valence-corrected chi connectivity index (χ2v) is 8.83. The Kier molecular flexibility index (Phi) is 8.07. The van der Waals surface area contributed by atoms with Crippen molar-refractivity contribution in [3.05, 3.63) is 50.8 Å². The fraction of sp³-hybridized carbons (Fsp3) is 0.409. The van der Waals surface area contributed by atoms with Crippen molar-refractivity contribution in [3.8, 4) is 11.1 Å². The van der Waals surface area contributed by atoms with Gasteiger partial charge in [-0.3, -0.25) is 9.78 Å². The molecule has 1 fully saturated rings. The number of nitrogens with two attached hydrogens (primary N) is 1. The third-order valence-corrected chi connectivity index (χ3v) is 6.22. The number of aryl methyl sites for hydroxylation is 1. The Balaban J connectivity index is 0.000000406. The molecular formula is C22H23Cl2F3N4O3. The van der Waals surface area contributed by atoms with E-state index in [1.807, 2.05) is 17.9 Å². The maximum Gasteiger partial charge on any atom is 0.490 e. The number of fused-ring (bicyclic) bond motifs is 1. The van der Waals surface area contributed by atoms with Gasteiger partial charge in [-0.15, -0.1) is 0 Å². The highest BCUT2D eigenvalue weighted by Crippen LogP contribution is 2.40. The minimum atomic E-state index is -5.08. The predicted octanol–water partition coefficient (Wildman–Crippen LogP) is 4.16. The van der Waals surface area contributed by atoms with Gasteiger partial charge in [0.1, 0.15) is 0 Å². The van der Waals surface area contributed by atoms with E-state index in [-0.39, 0.29) is 12.5 Å². The first-order valence-electron chi connectivity index (χ1n) is 10.4. The number of nitrogens with zero attached hydrogens (tertiary/aromatic N) is 2. The zero-order valence-electron chi connectivity index (χ0n) is 18.2. The number of carbonyl (C=O) groups is 2. The molecule has 3 heterocycles. The summed E-state index contributed by atoms with van der Waals surface area (Å²) in [5, 5.41) is 11.6. The SMILES string of the molecule is Cc1nc2c(c(-c3ccc(Cl)cc3Cl)c1CN)C(=O)N(C[C@@H]1CCCN1)C2.O=C(O)C(F)(F)F. The number of rotatable bonds is 4. The Labute approximate surface area is 204 Å². The lowest BCUT2D eigenvalue weighted by Crippen LogP contribution is -2.37. The van der Waals surface area contributed by atoms with E-state index in [9.17, 15) is 18.0 Å². The summed E-state index contributed by atoms with van der Waals surface area (Å²) in [5.74, 6) is -2.76. The molecule has 0 saturated carbocycles. The van der Waals surface area contributed by atoms with Gasteiger partial charge in [0.05, 0.1) is 17.8 Å². The van der Waals surface area contributed by atoms with Crippen molar-refractivity contribution in [2.24, 2.45) is 5.73 Å². The summed E-state index contributed by atoms with van der Waals surface area (Å²) in [6, 6.07) is 5.68. The molecule has 4 N–H and O–H groups in total. The largest absolute Gasteiger partial charge is 0.490 e. The van der Waals surface area contributed by atoms with E-state index in [2.05, 4.69) is 5.32 Å². The summed E-state index contributed by atoms with van der Waals surface area (Å²) in [6.07, 6.45) is -2.84. The Morgan fingerprint density at radius 3 is 2.53 bits per heavy atom.